The van der Waals surface area contributed by atoms with Gasteiger partial charge in [0.2, 0.25) is 0 Å². The van der Waals surface area contributed by atoms with E-state index in [1.54, 1.807) is 6.33 Å². The summed E-state index contributed by atoms with van der Waals surface area (Å²) < 4.78 is 2.09. The van der Waals surface area contributed by atoms with E-state index in [0.717, 1.165) is 25.3 Å². The third kappa shape index (κ3) is 3.56. The maximum atomic E-state index is 4.47. The topological polar surface area (TPSA) is 42.7 Å². The molecule has 2 rings (SSSR count). The van der Waals surface area contributed by atoms with Crippen molar-refractivity contribution in [1.29, 1.82) is 0 Å². The average molecular weight is 264 g/mol. The first kappa shape index (κ1) is 14.5. The highest BCUT2D eigenvalue weighted by Gasteiger charge is 2.29. The number of nitrogens with zero attached hydrogens (tertiary/aromatic N) is 3. The molecule has 19 heavy (non-hydrogen) atoms. The van der Waals surface area contributed by atoms with Crippen molar-refractivity contribution in [2.45, 2.75) is 65.0 Å². The molecule has 0 amide bonds. The smallest absolute Gasteiger partial charge is 0.138 e. The summed E-state index contributed by atoms with van der Waals surface area (Å²) >= 11 is 0. The summed E-state index contributed by atoms with van der Waals surface area (Å²) in [4.78, 5) is 4.47. The largest absolute Gasteiger partial charge is 0.317 e. The minimum absolute atomic E-state index is 0.648. The summed E-state index contributed by atoms with van der Waals surface area (Å²) in [6, 6.07) is 0.648. The molecule has 1 fully saturated rings. The third-order valence-electron chi connectivity index (χ3n) is 4.62. The van der Waals surface area contributed by atoms with Crippen LogP contribution in [0.3, 0.4) is 0 Å². The molecule has 1 aliphatic rings. The van der Waals surface area contributed by atoms with Gasteiger partial charge in [0.25, 0.3) is 0 Å². The van der Waals surface area contributed by atoms with Crippen molar-refractivity contribution in [1.82, 2.24) is 20.1 Å². The lowest BCUT2D eigenvalue weighted by atomic mass is 9.75. The van der Waals surface area contributed by atoms with E-state index in [0.29, 0.717) is 12.0 Å². The molecule has 1 saturated carbocycles. The van der Waals surface area contributed by atoms with E-state index in [-0.39, 0.29) is 0 Å². The van der Waals surface area contributed by atoms with E-state index in [1.165, 1.54) is 31.5 Å². The SMILES string of the molecule is CCCn1ncnc1CC1CC(CC)CCC1NC. The minimum Gasteiger partial charge on any atom is -0.317 e. The van der Waals surface area contributed by atoms with E-state index in [2.05, 4.69) is 41.0 Å². The van der Waals surface area contributed by atoms with Crippen LogP contribution in [0, 0.1) is 11.8 Å². The Hall–Kier alpha value is -0.900. The molecule has 0 radical (unpaired) electrons. The van der Waals surface area contributed by atoms with Gasteiger partial charge in [-0.3, -0.25) is 4.68 Å². The van der Waals surface area contributed by atoms with Crippen molar-refractivity contribution in [3.8, 4) is 0 Å². The number of nitrogens with one attached hydrogen (secondary N) is 1. The highest BCUT2D eigenvalue weighted by Crippen LogP contribution is 2.33. The Kier molecular flexibility index (Phi) is 5.37. The molecule has 108 valence electrons. The maximum Gasteiger partial charge on any atom is 0.138 e. The fraction of sp³-hybridized carbons (Fsp3) is 0.867. The van der Waals surface area contributed by atoms with Gasteiger partial charge in [-0.2, -0.15) is 5.10 Å². The van der Waals surface area contributed by atoms with Gasteiger partial charge in [-0.15, -0.1) is 0 Å². The Morgan fingerprint density at radius 1 is 1.37 bits per heavy atom. The molecule has 3 unspecified atom stereocenters. The second-order valence-electron chi connectivity index (χ2n) is 5.85. The molecule has 1 aromatic heterocycles. The van der Waals surface area contributed by atoms with Crippen LogP contribution in [-0.2, 0) is 13.0 Å². The van der Waals surface area contributed by atoms with Gasteiger partial charge in [0.05, 0.1) is 0 Å². The monoisotopic (exact) mass is 264 g/mol. The Balaban J connectivity index is 2.03. The van der Waals surface area contributed by atoms with Crippen LogP contribution >= 0.6 is 0 Å². The number of rotatable bonds is 6. The quantitative estimate of drug-likeness (QED) is 0.859. The number of hydrogen-bond donors (Lipinski definition) is 1. The molecule has 1 aliphatic carbocycles. The lowest BCUT2D eigenvalue weighted by Gasteiger charge is -2.35. The second-order valence-corrected chi connectivity index (χ2v) is 5.85. The van der Waals surface area contributed by atoms with Gasteiger partial charge in [0.15, 0.2) is 0 Å². The number of hydrogen-bond acceptors (Lipinski definition) is 3. The summed E-state index contributed by atoms with van der Waals surface area (Å²) in [7, 11) is 2.10. The van der Waals surface area contributed by atoms with Crippen molar-refractivity contribution < 1.29 is 0 Å². The first-order chi connectivity index (χ1) is 9.28. The normalized spacial score (nSPS) is 27.6. The van der Waals surface area contributed by atoms with Crippen LogP contribution in [0.4, 0.5) is 0 Å². The van der Waals surface area contributed by atoms with Gasteiger partial charge < -0.3 is 5.32 Å². The zero-order valence-corrected chi connectivity index (χ0v) is 12.6. The van der Waals surface area contributed by atoms with Gasteiger partial charge in [-0.25, -0.2) is 4.98 Å². The van der Waals surface area contributed by atoms with Crippen molar-refractivity contribution in [3.63, 3.8) is 0 Å². The summed E-state index contributed by atoms with van der Waals surface area (Å²) in [5.74, 6) is 2.78. The Morgan fingerprint density at radius 2 is 2.21 bits per heavy atom. The highest BCUT2D eigenvalue weighted by molar-refractivity contribution is 4.93. The standard InChI is InChI=1S/C15H28N4/c1-4-8-19-15(17-11-18-19)10-13-9-12(5-2)6-7-14(13)16-3/h11-14,16H,4-10H2,1-3H3. The van der Waals surface area contributed by atoms with E-state index in [9.17, 15) is 0 Å². The molecule has 4 nitrogen and oxygen atoms in total. The van der Waals surface area contributed by atoms with Crippen molar-refractivity contribution in [2.75, 3.05) is 7.05 Å². The molecule has 4 heteroatoms. The molecule has 1 aromatic rings. The van der Waals surface area contributed by atoms with Gasteiger partial charge in [0, 0.05) is 19.0 Å². The summed E-state index contributed by atoms with van der Waals surface area (Å²) in [6.07, 6.45) is 9.23. The number of aryl methyl sites for hydroxylation is 1. The Morgan fingerprint density at radius 3 is 2.89 bits per heavy atom. The van der Waals surface area contributed by atoms with Gasteiger partial charge in [-0.05, 0) is 44.6 Å². The molecule has 0 saturated heterocycles. The van der Waals surface area contributed by atoms with E-state index in [4.69, 9.17) is 0 Å². The fourth-order valence-corrected chi connectivity index (χ4v) is 3.42. The highest BCUT2D eigenvalue weighted by atomic mass is 15.3. The van der Waals surface area contributed by atoms with Crippen LogP contribution in [0.25, 0.3) is 0 Å². The fourth-order valence-electron chi connectivity index (χ4n) is 3.42. The molecule has 0 aliphatic heterocycles. The van der Waals surface area contributed by atoms with Crippen molar-refractivity contribution >= 4 is 0 Å². The van der Waals surface area contributed by atoms with Crippen molar-refractivity contribution in [2.24, 2.45) is 11.8 Å². The first-order valence-electron chi connectivity index (χ1n) is 7.82. The van der Waals surface area contributed by atoms with E-state index >= 15 is 0 Å². The summed E-state index contributed by atoms with van der Waals surface area (Å²) in [5, 5.41) is 7.85. The molecule has 1 N–H and O–H groups in total. The zero-order chi connectivity index (χ0) is 13.7. The zero-order valence-electron chi connectivity index (χ0n) is 12.6. The molecular formula is C15H28N4. The maximum absolute atomic E-state index is 4.47. The third-order valence-corrected chi connectivity index (χ3v) is 4.62. The lowest BCUT2D eigenvalue weighted by molar-refractivity contribution is 0.201. The molecule has 0 spiro atoms. The molecular weight excluding hydrogens is 236 g/mol. The van der Waals surface area contributed by atoms with Gasteiger partial charge in [0.1, 0.15) is 12.2 Å². The van der Waals surface area contributed by atoms with Crippen LogP contribution in [0.5, 0.6) is 0 Å². The Labute approximate surface area is 117 Å². The average Bonchev–Trinajstić information content (AvgIpc) is 2.86. The van der Waals surface area contributed by atoms with E-state index in [1.807, 2.05) is 0 Å². The van der Waals surface area contributed by atoms with Gasteiger partial charge >= 0.3 is 0 Å². The van der Waals surface area contributed by atoms with Crippen LogP contribution in [-0.4, -0.2) is 27.9 Å². The van der Waals surface area contributed by atoms with Crippen LogP contribution in [0.15, 0.2) is 6.33 Å². The van der Waals surface area contributed by atoms with Crippen LogP contribution < -0.4 is 5.32 Å². The number of aromatic nitrogens is 3. The van der Waals surface area contributed by atoms with Crippen LogP contribution in [0.2, 0.25) is 0 Å². The summed E-state index contributed by atoms with van der Waals surface area (Å²) in [6.45, 7) is 5.50. The first-order valence-corrected chi connectivity index (χ1v) is 7.82. The summed E-state index contributed by atoms with van der Waals surface area (Å²) in [5.41, 5.74) is 0. The Bertz CT molecular complexity index is 374. The minimum atomic E-state index is 0.648. The van der Waals surface area contributed by atoms with Crippen LogP contribution in [0.1, 0.15) is 51.8 Å². The predicted octanol–water partition coefficient (Wildman–Crippen LogP) is 2.64. The van der Waals surface area contributed by atoms with Crippen molar-refractivity contribution in [3.05, 3.63) is 12.2 Å². The van der Waals surface area contributed by atoms with Gasteiger partial charge in [-0.1, -0.05) is 20.3 Å². The van der Waals surface area contributed by atoms with E-state index < -0.39 is 0 Å². The molecule has 0 bridgehead atoms. The second kappa shape index (κ2) is 7.04. The molecule has 0 aromatic carbocycles. The lowest BCUT2D eigenvalue weighted by Crippen LogP contribution is -2.40. The predicted molar refractivity (Wildman–Crippen MR) is 78.0 cm³/mol. The molecule has 3 atom stereocenters. The molecule has 1 heterocycles.